The molecule has 112 valence electrons. The molecule has 0 aliphatic heterocycles. The first-order valence-electron chi connectivity index (χ1n) is 6.06. The van der Waals surface area contributed by atoms with Crippen LogP contribution in [0.5, 0.6) is 5.75 Å². The number of alkyl halides is 3. The van der Waals surface area contributed by atoms with Crippen LogP contribution >= 0.6 is 0 Å². The third-order valence-electron chi connectivity index (χ3n) is 3.02. The fourth-order valence-electron chi connectivity index (χ4n) is 2.01. The van der Waals surface area contributed by atoms with E-state index in [1.807, 2.05) is 12.1 Å². The highest BCUT2D eigenvalue weighted by Crippen LogP contribution is 2.39. The van der Waals surface area contributed by atoms with E-state index >= 15 is 0 Å². The molecule has 0 N–H and O–H groups in total. The van der Waals surface area contributed by atoms with Gasteiger partial charge in [-0.1, -0.05) is 18.2 Å². The molecule has 1 aromatic carbocycles. The number of nitriles is 2. The van der Waals surface area contributed by atoms with Crippen LogP contribution in [0.3, 0.4) is 0 Å². The van der Waals surface area contributed by atoms with Crippen molar-refractivity contribution < 1.29 is 17.9 Å². The van der Waals surface area contributed by atoms with Gasteiger partial charge in [-0.3, -0.25) is 0 Å². The van der Waals surface area contributed by atoms with Crippen LogP contribution < -0.4 is 4.74 Å². The van der Waals surface area contributed by atoms with Gasteiger partial charge in [0.2, 0.25) is 0 Å². The highest BCUT2D eigenvalue weighted by molar-refractivity contribution is 5.38. The van der Waals surface area contributed by atoms with Crippen molar-refractivity contribution in [1.82, 2.24) is 0 Å². The summed E-state index contributed by atoms with van der Waals surface area (Å²) < 4.78 is 40.1. The Hall–Kier alpha value is -2.91. The molecule has 1 atom stereocenters. The zero-order chi connectivity index (χ0) is 16.8. The molecule has 0 aliphatic rings. The fourth-order valence-corrected chi connectivity index (χ4v) is 2.01. The average Bonchev–Trinajstić information content (AvgIpc) is 2.47. The third-order valence-corrected chi connectivity index (χ3v) is 3.02. The standard InChI is InChI=1S/C16H11F3N2O/c1-3-9-15(10-20,11-21)14(4-2)12-5-7-13(8-6-12)22-16(17,18)19/h1,4-8,14H,2,9H2. The van der Waals surface area contributed by atoms with Crippen molar-refractivity contribution in [2.75, 3.05) is 0 Å². The fraction of sp³-hybridized carbons (Fsp3) is 0.250. The molecule has 0 saturated carbocycles. The van der Waals surface area contributed by atoms with Crippen LogP contribution in [0.1, 0.15) is 17.9 Å². The number of benzene rings is 1. The van der Waals surface area contributed by atoms with Crippen LogP contribution in [-0.4, -0.2) is 6.36 Å². The molecule has 0 radical (unpaired) electrons. The van der Waals surface area contributed by atoms with E-state index in [9.17, 15) is 23.7 Å². The van der Waals surface area contributed by atoms with E-state index < -0.39 is 23.4 Å². The average molecular weight is 304 g/mol. The Morgan fingerprint density at radius 1 is 1.23 bits per heavy atom. The van der Waals surface area contributed by atoms with Crippen molar-refractivity contribution in [1.29, 1.82) is 10.5 Å². The molecule has 22 heavy (non-hydrogen) atoms. The molecule has 0 bridgehead atoms. The largest absolute Gasteiger partial charge is 0.573 e. The zero-order valence-corrected chi connectivity index (χ0v) is 11.4. The number of hydrogen-bond acceptors (Lipinski definition) is 3. The van der Waals surface area contributed by atoms with E-state index in [2.05, 4.69) is 17.2 Å². The van der Waals surface area contributed by atoms with E-state index in [-0.39, 0.29) is 6.42 Å². The van der Waals surface area contributed by atoms with Crippen LogP contribution in [0.4, 0.5) is 13.2 Å². The summed E-state index contributed by atoms with van der Waals surface area (Å²) in [6, 6.07) is 8.66. The maximum absolute atomic E-state index is 12.1. The second-order valence-electron chi connectivity index (χ2n) is 4.41. The van der Waals surface area contributed by atoms with Gasteiger partial charge in [0.1, 0.15) is 5.75 Å². The van der Waals surface area contributed by atoms with Gasteiger partial charge in [-0.15, -0.1) is 32.1 Å². The lowest BCUT2D eigenvalue weighted by molar-refractivity contribution is -0.274. The van der Waals surface area contributed by atoms with Gasteiger partial charge >= 0.3 is 6.36 Å². The molecule has 0 amide bonds. The minimum Gasteiger partial charge on any atom is -0.406 e. The lowest BCUT2D eigenvalue weighted by Gasteiger charge is -2.25. The topological polar surface area (TPSA) is 56.8 Å². The minimum atomic E-state index is -4.79. The predicted molar refractivity (Wildman–Crippen MR) is 73.2 cm³/mol. The van der Waals surface area contributed by atoms with Gasteiger partial charge in [0.25, 0.3) is 0 Å². The Balaban J connectivity index is 3.17. The maximum Gasteiger partial charge on any atom is 0.573 e. The summed E-state index contributed by atoms with van der Waals surface area (Å²) in [5.74, 6) is 1.14. The van der Waals surface area contributed by atoms with Crippen molar-refractivity contribution in [3.63, 3.8) is 0 Å². The summed E-state index contributed by atoms with van der Waals surface area (Å²) in [5.41, 5.74) is -1.08. The van der Waals surface area contributed by atoms with Gasteiger partial charge in [-0.25, -0.2) is 0 Å². The van der Waals surface area contributed by atoms with Crippen LogP contribution in [-0.2, 0) is 0 Å². The highest BCUT2D eigenvalue weighted by Gasteiger charge is 2.38. The lowest BCUT2D eigenvalue weighted by atomic mass is 9.72. The molecule has 0 aliphatic carbocycles. The first-order chi connectivity index (χ1) is 10.3. The Kier molecular flexibility index (Phi) is 5.22. The van der Waals surface area contributed by atoms with E-state index in [1.54, 1.807) is 0 Å². The number of hydrogen-bond donors (Lipinski definition) is 0. The zero-order valence-electron chi connectivity index (χ0n) is 11.4. The first-order valence-corrected chi connectivity index (χ1v) is 6.06. The summed E-state index contributed by atoms with van der Waals surface area (Å²) in [7, 11) is 0. The van der Waals surface area contributed by atoms with Crippen LogP contribution in [0.25, 0.3) is 0 Å². The first kappa shape index (κ1) is 17.1. The molecule has 0 heterocycles. The normalized spacial score (nSPS) is 12.4. The number of terminal acetylenes is 1. The van der Waals surface area contributed by atoms with Crippen molar-refractivity contribution >= 4 is 0 Å². The summed E-state index contributed by atoms with van der Waals surface area (Å²) in [6.45, 7) is 3.58. The molecule has 0 spiro atoms. The molecule has 1 rings (SSSR count). The van der Waals surface area contributed by atoms with E-state index in [4.69, 9.17) is 6.42 Å². The van der Waals surface area contributed by atoms with Crippen molar-refractivity contribution in [2.24, 2.45) is 5.41 Å². The van der Waals surface area contributed by atoms with Gasteiger partial charge < -0.3 is 4.74 Å². The van der Waals surface area contributed by atoms with Gasteiger partial charge in [-0.2, -0.15) is 10.5 Å². The highest BCUT2D eigenvalue weighted by atomic mass is 19.4. The quantitative estimate of drug-likeness (QED) is 0.612. The van der Waals surface area contributed by atoms with E-state index in [0.717, 1.165) is 12.1 Å². The van der Waals surface area contributed by atoms with Crippen LogP contribution in [0.15, 0.2) is 36.9 Å². The number of rotatable bonds is 5. The number of ether oxygens (including phenoxy) is 1. The predicted octanol–water partition coefficient (Wildman–Crippen LogP) is 3.91. The lowest BCUT2D eigenvalue weighted by Crippen LogP contribution is -2.24. The Morgan fingerprint density at radius 2 is 1.77 bits per heavy atom. The Bertz CT molecular complexity index is 643. The molecule has 3 nitrogen and oxygen atoms in total. The van der Waals surface area contributed by atoms with Crippen LogP contribution in [0, 0.1) is 40.4 Å². The molecule has 1 aromatic rings. The number of halogens is 3. The summed E-state index contributed by atoms with van der Waals surface area (Å²) in [6.07, 6.45) is 1.66. The van der Waals surface area contributed by atoms with Crippen molar-refractivity contribution in [3.05, 3.63) is 42.5 Å². The van der Waals surface area contributed by atoms with Gasteiger partial charge in [-0.05, 0) is 17.7 Å². The summed E-state index contributed by atoms with van der Waals surface area (Å²) >= 11 is 0. The molecular weight excluding hydrogens is 293 g/mol. The number of nitrogens with zero attached hydrogens (tertiary/aromatic N) is 2. The second-order valence-corrected chi connectivity index (χ2v) is 4.41. The Morgan fingerprint density at radius 3 is 2.14 bits per heavy atom. The second kappa shape index (κ2) is 6.70. The van der Waals surface area contributed by atoms with E-state index in [0.29, 0.717) is 5.56 Å². The van der Waals surface area contributed by atoms with Gasteiger partial charge in [0, 0.05) is 12.3 Å². The van der Waals surface area contributed by atoms with Crippen molar-refractivity contribution in [3.8, 4) is 30.2 Å². The molecule has 0 saturated heterocycles. The summed E-state index contributed by atoms with van der Waals surface area (Å²) in [5, 5.41) is 18.6. The molecule has 0 aromatic heterocycles. The number of allylic oxidation sites excluding steroid dienone is 1. The Labute approximate surface area is 126 Å². The molecule has 6 heteroatoms. The van der Waals surface area contributed by atoms with E-state index in [1.165, 1.54) is 18.2 Å². The third kappa shape index (κ3) is 3.81. The molecule has 1 unspecified atom stereocenters. The van der Waals surface area contributed by atoms with Gasteiger partial charge in [0.05, 0.1) is 12.1 Å². The maximum atomic E-state index is 12.1. The molecule has 0 fully saturated rings. The van der Waals surface area contributed by atoms with Crippen LogP contribution in [0.2, 0.25) is 0 Å². The smallest absolute Gasteiger partial charge is 0.406 e. The summed E-state index contributed by atoms with van der Waals surface area (Å²) in [4.78, 5) is 0. The molecular formula is C16H11F3N2O. The van der Waals surface area contributed by atoms with Crippen molar-refractivity contribution in [2.45, 2.75) is 18.7 Å². The SMILES string of the molecule is C#CCC(C#N)(C#N)C(C=C)c1ccc(OC(F)(F)F)cc1. The van der Waals surface area contributed by atoms with Gasteiger partial charge in [0.15, 0.2) is 5.41 Å². The minimum absolute atomic E-state index is 0.127. The monoisotopic (exact) mass is 304 g/mol.